The molecule has 0 radical (unpaired) electrons. The molecule has 8 heteroatoms. The lowest BCUT2D eigenvalue weighted by atomic mass is 9.84. The van der Waals surface area contributed by atoms with E-state index in [1.165, 1.54) is 24.8 Å². The van der Waals surface area contributed by atoms with Crippen LogP contribution in [-0.4, -0.2) is 30.9 Å². The van der Waals surface area contributed by atoms with Crippen molar-refractivity contribution in [2.75, 3.05) is 19.1 Å². The van der Waals surface area contributed by atoms with E-state index in [-0.39, 0.29) is 28.4 Å². The van der Waals surface area contributed by atoms with E-state index in [9.17, 15) is 14.9 Å². The SMILES string of the molecule is COc1ccc(C2=N/C(=C\C=C3\N(C)c4ccccc4C3(C)C)C(=O)O2)cc1[N+](=O)[O-]. The number of aliphatic imine (C=N–C) groups is 1. The molecule has 31 heavy (non-hydrogen) atoms. The third kappa shape index (κ3) is 3.35. The zero-order valence-corrected chi connectivity index (χ0v) is 17.6. The summed E-state index contributed by atoms with van der Waals surface area (Å²) in [5, 5.41) is 11.3. The van der Waals surface area contributed by atoms with Gasteiger partial charge in [-0.05, 0) is 35.9 Å². The highest BCUT2D eigenvalue weighted by Crippen LogP contribution is 2.46. The van der Waals surface area contributed by atoms with Gasteiger partial charge in [-0.15, -0.1) is 0 Å². The van der Waals surface area contributed by atoms with Gasteiger partial charge in [0.1, 0.15) is 0 Å². The minimum absolute atomic E-state index is 0.0164. The molecule has 0 saturated carbocycles. The van der Waals surface area contributed by atoms with Crippen molar-refractivity contribution in [3.05, 3.63) is 87.3 Å². The van der Waals surface area contributed by atoms with Gasteiger partial charge in [-0.1, -0.05) is 32.0 Å². The Morgan fingerprint density at radius 1 is 1.19 bits per heavy atom. The number of carbonyl (C=O) groups is 1. The number of nitrogens with zero attached hydrogens (tertiary/aromatic N) is 3. The molecule has 0 fully saturated rings. The quantitative estimate of drug-likeness (QED) is 0.320. The van der Waals surface area contributed by atoms with Crippen LogP contribution in [0.3, 0.4) is 0 Å². The Balaban J connectivity index is 1.68. The van der Waals surface area contributed by atoms with Crippen LogP contribution in [0.2, 0.25) is 0 Å². The molecule has 0 spiro atoms. The summed E-state index contributed by atoms with van der Waals surface area (Å²) < 4.78 is 10.3. The lowest BCUT2D eigenvalue weighted by Crippen LogP contribution is -2.22. The summed E-state index contributed by atoms with van der Waals surface area (Å²) in [5.41, 5.74) is 3.30. The molecule has 8 nitrogen and oxygen atoms in total. The number of para-hydroxylation sites is 1. The van der Waals surface area contributed by atoms with E-state index in [0.29, 0.717) is 5.56 Å². The molecule has 2 aromatic rings. The van der Waals surface area contributed by atoms with E-state index < -0.39 is 10.9 Å². The fraction of sp³-hybridized carbons (Fsp3) is 0.217. The fourth-order valence-corrected chi connectivity index (χ4v) is 3.97. The van der Waals surface area contributed by atoms with Crippen molar-refractivity contribution < 1.29 is 19.2 Å². The summed E-state index contributed by atoms with van der Waals surface area (Å²) in [6, 6.07) is 12.4. The molecule has 2 aliphatic rings. The van der Waals surface area contributed by atoms with Crippen LogP contribution in [0, 0.1) is 10.1 Å². The van der Waals surface area contributed by atoms with Gasteiger partial charge >= 0.3 is 11.7 Å². The van der Waals surface area contributed by atoms with Gasteiger partial charge in [0.2, 0.25) is 5.90 Å². The minimum atomic E-state index is -0.610. The van der Waals surface area contributed by atoms with Gasteiger partial charge in [-0.2, -0.15) is 0 Å². The molecule has 2 aromatic carbocycles. The van der Waals surface area contributed by atoms with Crippen LogP contribution in [0.4, 0.5) is 11.4 Å². The van der Waals surface area contributed by atoms with Crippen LogP contribution >= 0.6 is 0 Å². The second kappa shape index (κ2) is 7.39. The number of methoxy groups -OCH3 is 1. The first-order valence-corrected chi connectivity index (χ1v) is 9.63. The van der Waals surface area contributed by atoms with Crippen LogP contribution in [0.15, 0.2) is 71.0 Å². The topological polar surface area (TPSA) is 94.3 Å². The number of carbonyl (C=O) groups excluding carboxylic acids is 1. The Morgan fingerprint density at radius 3 is 2.61 bits per heavy atom. The standard InChI is InChI=1S/C23H21N3O5/c1-23(2)15-7-5-6-8-17(15)25(3)20(23)12-10-16-22(27)31-21(24-16)14-9-11-19(30-4)18(13-14)26(28)29/h5-13H,1-4H3/b16-10-,20-12+. The number of hydrogen-bond donors (Lipinski definition) is 0. The Bertz CT molecular complexity index is 1190. The number of rotatable bonds is 4. The predicted molar refractivity (Wildman–Crippen MR) is 116 cm³/mol. The first kappa shape index (κ1) is 20.3. The molecule has 0 unspecified atom stereocenters. The van der Waals surface area contributed by atoms with Crippen LogP contribution < -0.4 is 9.64 Å². The third-order valence-corrected chi connectivity index (χ3v) is 5.58. The summed E-state index contributed by atoms with van der Waals surface area (Å²) in [7, 11) is 3.33. The molecule has 0 atom stereocenters. The molecular weight excluding hydrogens is 398 g/mol. The van der Waals surface area contributed by atoms with Crippen molar-refractivity contribution in [1.82, 2.24) is 0 Å². The second-order valence-electron chi connectivity index (χ2n) is 7.76. The van der Waals surface area contributed by atoms with Gasteiger partial charge in [0.05, 0.1) is 12.0 Å². The van der Waals surface area contributed by atoms with Gasteiger partial charge in [0.25, 0.3) is 0 Å². The molecule has 2 heterocycles. The molecular formula is C23H21N3O5. The largest absolute Gasteiger partial charge is 0.490 e. The van der Waals surface area contributed by atoms with E-state index in [0.717, 1.165) is 11.4 Å². The van der Waals surface area contributed by atoms with Crippen molar-refractivity contribution in [1.29, 1.82) is 0 Å². The number of esters is 1. The van der Waals surface area contributed by atoms with Crippen molar-refractivity contribution >= 4 is 23.2 Å². The maximum Gasteiger partial charge on any atom is 0.363 e. The van der Waals surface area contributed by atoms with Crippen molar-refractivity contribution in [3.8, 4) is 5.75 Å². The summed E-state index contributed by atoms with van der Waals surface area (Å²) in [5.74, 6) is -0.478. The zero-order chi connectivity index (χ0) is 22.3. The van der Waals surface area contributed by atoms with Gasteiger partial charge in [-0.25, -0.2) is 9.79 Å². The number of nitro benzene ring substituents is 1. The number of benzene rings is 2. The van der Waals surface area contributed by atoms with E-state index in [1.54, 1.807) is 12.1 Å². The highest BCUT2D eigenvalue weighted by Gasteiger charge is 2.38. The van der Waals surface area contributed by atoms with E-state index in [1.807, 2.05) is 25.3 Å². The number of allylic oxidation sites excluding steroid dienone is 3. The molecule has 158 valence electrons. The van der Waals surface area contributed by atoms with Crippen molar-refractivity contribution in [2.24, 2.45) is 4.99 Å². The van der Waals surface area contributed by atoms with Gasteiger partial charge in [0, 0.05) is 35.5 Å². The Kier molecular flexibility index (Phi) is 4.85. The number of ether oxygens (including phenoxy) is 2. The lowest BCUT2D eigenvalue weighted by Gasteiger charge is -2.23. The molecule has 4 rings (SSSR count). The van der Waals surface area contributed by atoms with Crippen LogP contribution in [0.5, 0.6) is 5.75 Å². The molecule has 0 N–H and O–H groups in total. The zero-order valence-electron chi connectivity index (χ0n) is 17.6. The molecule has 0 amide bonds. The van der Waals surface area contributed by atoms with E-state index >= 15 is 0 Å². The fourth-order valence-electron chi connectivity index (χ4n) is 3.97. The smallest absolute Gasteiger partial charge is 0.363 e. The monoisotopic (exact) mass is 419 g/mol. The van der Waals surface area contributed by atoms with Gasteiger partial charge in [-0.3, -0.25) is 10.1 Å². The van der Waals surface area contributed by atoms with Crippen molar-refractivity contribution in [2.45, 2.75) is 19.3 Å². The Morgan fingerprint density at radius 2 is 1.94 bits per heavy atom. The summed E-state index contributed by atoms with van der Waals surface area (Å²) in [6.07, 6.45) is 3.48. The molecule has 0 aromatic heterocycles. The maximum atomic E-state index is 12.4. The average Bonchev–Trinajstić information content (AvgIpc) is 3.21. The molecule has 2 aliphatic heterocycles. The third-order valence-electron chi connectivity index (χ3n) is 5.58. The maximum absolute atomic E-state index is 12.4. The van der Waals surface area contributed by atoms with E-state index in [4.69, 9.17) is 9.47 Å². The number of anilines is 1. The minimum Gasteiger partial charge on any atom is -0.490 e. The lowest BCUT2D eigenvalue weighted by molar-refractivity contribution is -0.385. The van der Waals surface area contributed by atoms with Crippen molar-refractivity contribution in [3.63, 3.8) is 0 Å². The van der Waals surface area contributed by atoms with Crippen LogP contribution in [0.1, 0.15) is 25.0 Å². The van der Waals surface area contributed by atoms with Crippen LogP contribution in [-0.2, 0) is 14.9 Å². The van der Waals surface area contributed by atoms with E-state index in [2.05, 4.69) is 35.9 Å². The first-order chi connectivity index (χ1) is 14.7. The van der Waals surface area contributed by atoms with Gasteiger partial charge < -0.3 is 14.4 Å². The number of nitro groups is 1. The summed E-state index contributed by atoms with van der Waals surface area (Å²) in [6.45, 7) is 4.25. The average molecular weight is 419 g/mol. The normalized spacial score (nSPS) is 19.4. The van der Waals surface area contributed by atoms with Crippen LogP contribution in [0.25, 0.3) is 0 Å². The predicted octanol–water partition coefficient (Wildman–Crippen LogP) is 4.10. The van der Waals surface area contributed by atoms with Gasteiger partial charge in [0.15, 0.2) is 11.4 Å². The highest BCUT2D eigenvalue weighted by atomic mass is 16.6. The number of likely N-dealkylation sites (N-methyl/N-ethyl adjacent to an activating group) is 1. The molecule has 0 saturated heterocycles. The first-order valence-electron chi connectivity index (χ1n) is 9.63. The molecule has 0 bridgehead atoms. The highest BCUT2D eigenvalue weighted by molar-refractivity contribution is 6.11. The Labute approximate surface area is 179 Å². The summed E-state index contributed by atoms with van der Waals surface area (Å²) >= 11 is 0. The summed E-state index contributed by atoms with van der Waals surface area (Å²) in [4.78, 5) is 29.4. The number of fused-ring (bicyclic) bond motifs is 1. The molecule has 0 aliphatic carbocycles. The Hall–Kier alpha value is -3.94. The second-order valence-corrected chi connectivity index (χ2v) is 7.76. The number of hydrogen-bond acceptors (Lipinski definition) is 7. The number of cyclic esters (lactones) is 1.